The minimum Gasteiger partial charge on any atom is -0.496 e. The standard InChI is InChI=1S/C16H14Cl2N2O3/c1-22-14-4-2-10(17)6-13(14)16(21)20-8-12(9-20)23-15-5-3-11(18)7-19-15/h2-7,12H,8-9H2,1H3. The van der Waals surface area contributed by atoms with Crippen LogP contribution < -0.4 is 9.47 Å². The van der Waals surface area contributed by atoms with Gasteiger partial charge >= 0.3 is 0 Å². The Morgan fingerprint density at radius 3 is 2.61 bits per heavy atom. The molecule has 2 heterocycles. The molecule has 7 heteroatoms. The third-order valence-electron chi connectivity index (χ3n) is 3.51. The van der Waals surface area contributed by atoms with Gasteiger partial charge in [0.1, 0.15) is 11.9 Å². The fourth-order valence-corrected chi connectivity index (χ4v) is 2.58. The van der Waals surface area contributed by atoms with Crippen molar-refractivity contribution < 1.29 is 14.3 Å². The maximum Gasteiger partial charge on any atom is 0.257 e. The summed E-state index contributed by atoms with van der Waals surface area (Å²) < 4.78 is 10.9. The smallest absolute Gasteiger partial charge is 0.257 e. The fraction of sp³-hybridized carbons (Fsp3) is 0.250. The van der Waals surface area contributed by atoms with Crippen molar-refractivity contribution in [2.45, 2.75) is 6.10 Å². The van der Waals surface area contributed by atoms with Crippen LogP contribution in [0.2, 0.25) is 10.0 Å². The highest BCUT2D eigenvalue weighted by Crippen LogP contribution is 2.26. The molecule has 5 nitrogen and oxygen atoms in total. The second-order valence-corrected chi connectivity index (χ2v) is 5.98. The molecule has 0 radical (unpaired) electrons. The number of methoxy groups -OCH3 is 1. The van der Waals surface area contributed by atoms with E-state index >= 15 is 0 Å². The number of rotatable bonds is 4. The molecule has 2 aromatic rings. The van der Waals surface area contributed by atoms with Crippen LogP contribution in [-0.4, -0.2) is 42.1 Å². The van der Waals surface area contributed by atoms with E-state index in [1.807, 2.05) is 0 Å². The number of amides is 1. The molecule has 0 atom stereocenters. The van der Waals surface area contributed by atoms with Gasteiger partial charge in [0.15, 0.2) is 0 Å². The molecule has 0 aliphatic carbocycles. The highest BCUT2D eigenvalue weighted by molar-refractivity contribution is 6.31. The van der Waals surface area contributed by atoms with Crippen molar-refractivity contribution in [1.29, 1.82) is 0 Å². The molecule has 1 aliphatic heterocycles. The van der Waals surface area contributed by atoms with Gasteiger partial charge in [-0.1, -0.05) is 23.2 Å². The van der Waals surface area contributed by atoms with Gasteiger partial charge in [-0.05, 0) is 24.3 Å². The van der Waals surface area contributed by atoms with Gasteiger partial charge in [0.2, 0.25) is 5.88 Å². The molecule has 0 spiro atoms. The lowest BCUT2D eigenvalue weighted by Gasteiger charge is -2.38. The number of hydrogen-bond donors (Lipinski definition) is 0. The quantitative estimate of drug-likeness (QED) is 0.846. The largest absolute Gasteiger partial charge is 0.496 e. The van der Waals surface area contributed by atoms with Crippen LogP contribution in [0, 0.1) is 0 Å². The number of hydrogen-bond acceptors (Lipinski definition) is 4. The monoisotopic (exact) mass is 352 g/mol. The zero-order chi connectivity index (χ0) is 16.4. The number of aromatic nitrogens is 1. The molecule has 1 aromatic carbocycles. The molecule has 1 fully saturated rings. The predicted molar refractivity (Wildman–Crippen MR) is 87.6 cm³/mol. The number of carbonyl (C=O) groups is 1. The highest BCUT2D eigenvalue weighted by Gasteiger charge is 2.34. The minimum atomic E-state index is -0.131. The maximum atomic E-state index is 12.5. The SMILES string of the molecule is COc1ccc(Cl)cc1C(=O)N1CC(Oc2ccc(Cl)cn2)C1. The van der Waals surface area contributed by atoms with Crippen molar-refractivity contribution in [1.82, 2.24) is 9.88 Å². The van der Waals surface area contributed by atoms with Gasteiger partial charge in [-0.3, -0.25) is 4.79 Å². The molecule has 1 saturated heterocycles. The Morgan fingerprint density at radius 2 is 1.96 bits per heavy atom. The van der Waals surface area contributed by atoms with E-state index in [1.165, 1.54) is 13.3 Å². The molecule has 120 valence electrons. The van der Waals surface area contributed by atoms with Gasteiger partial charge in [0.25, 0.3) is 5.91 Å². The summed E-state index contributed by atoms with van der Waals surface area (Å²) in [5, 5.41) is 1.05. The van der Waals surface area contributed by atoms with Crippen molar-refractivity contribution in [2.75, 3.05) is 20.2 Å². The van der Waals surface area contributed by atoms with Crippen LogP contribution in [-0.2, 0) is 0 Å². The first-order valence-electron chi connectivity index (χ1n) is 6.98. The lowest BCUT2D eigenvalue weighted by Crippen LogP contribution is -2.56. The number of benzene rings is 1. The van der Waals surface area contributed by atoms with Crippen LogP contribution in [0.1, 0.15) is 10.4 Å². The lowest BCUT2D eigenvalue weighted by molar-refractivity contribution is 0.0158. The highest BCUT2D eigenvalue weighted by atomic mass is 35.5. The van der Waals surface area contributed by atoms with Gasteiger partial charge in [-0.2, -0.15) is 0 Å². The van der Waals surface area contributed by atoms with Gasteiger partial charge < -0.3 is 14.4 Å². The van der Waals surface area contributed by atoms with E-state index < -0.39 is 0 Å². The number of likely N-dealkylation sites (tertiary alicyclic amines) is 1. The van der Waals surface area contributed by atoms with E-state index in [1.54, 1.807) is 35.2 Å². The van der Waals surface area contributed by atoms with Crippen molar-refractivity contribution >= 4 is 29.1 Å². The predicted octanol–water partition coefficient (Wildman–Crippen LogP) is 3.30. The summed E-state index contributed by atoms with van der Waals surface area (Å²) >= 11 is 11.7. The van der Waals surface area contributed by atoms with Crippen LogP contribution in [0.4, 0.5) is 0 Å². The Labute approximate surface area is 143 Å². The minimum absolute atomic E-state index is 0.0854. The average Bonchev–Trinajstić information content (AvgIpc) is 2.51. The first kappa shape index (κ1) is 15.9. The lowest BCUT2D eigenvalue weighted by atomic mass is 10.1. The third kappa shape index (κ3) is 3.51. The molecule has 3 rings (SSSR count). The van der Waals surface area contributed by atoms with Crippen LogP contribution in [0.15, 0.2) is 36.5 Å². The van der Waals surface area contributed by atoms with Crippen LogP contribution in [0.5, 0.6) is 11.6 Å². The number of carbonyl (C=O) groups excluding carboxylic acids is 1. The molecule has 0 bridgehead atoms. The third-order valence-corrected chi connectivity index (χ3v) is 3.97. The summed E-state index contributed by atoms with van der Waals surface area (Å²) in [4.78, 5) is 18.2. The molecular weight excluding hydrogens is 339 g/mol. The Kier molecular flexibility index (Phi) is 4.59. The van der Waals surface area contributed by atoms with E-state index in [2.05, 4.69) is 4.98 Å². The molecule has 0 unspecified atom stereocenters. The molecule has 0 N–H and O–H groups in total. The van der Waals surface area contributed by atoms with Crippen molar-refractivity contribution in [3.8, 4) is 11.6 Å². The summed E-state index contributed by atoms with van der Waals surface area (Å²) in [7, 11) is 1.52. The van der Waals surface area contributed by atoms with Gasteiger partial charge in [0.05, 0.1) is 30.8 Å². The molecule has 23 heavy (non-hydrogen) atoms. The molecule has 1 aliphatic rings. The van der Waals surface area contributed by atoms with E-state index in [9.17, 15) is 4.79 Å². The molecule has 1 amide bonds. The first-order valence-corrected chi connectivity index (χ1v) is 7.73. The zero-order valence-electron chi connectivity index (χ0n) is 12.3. The molecule has 1 aromatic heterocycles. The van der Waals surface area contributed by atoms with Crippen LogP contribution in [0.25, 0.3) is 0 Å². The van der Waals surface area contributed by atoms with Crippen molar-refractivity contribution in [2.24, 2.45) is 0 Å². The fourth-order valence-electron chi connectivity index (χ4n) is 2.30. The normalized spacial score (nSPS) is 14.3. The molecule has 0 saturated carbocycles. The summed E-state index contributed by atoms with van der Waals surface area (Å²) in [6.45, 7) is 0.970. The second kappa shape index (κ2) is 6.64. The maximum absolute atomic E-state index is 12.5. The number of halogens is 2. The summed E-state index contributed by atoms with van der Waals surface area (Å²) in [5.74, 6) is 0.864. The summed E-state index contributed by atoms with van der Waals surface area (Å²) in [5.41, 5.74) is 0.447. The topological polar surface area (TPSA) is 51.7 Å². The second-order valence-electron chi connectivity index (χ2n) is 5.11. The van der Waals surface area contributed by atoms with E-state index in [0.29, 0.717) is 40.3 Å². The number of nitrogens with zero attached hydrogens (tertiary/aromatic N) is 2. The Hall–Kier alpha value is -1.98. The van der Waals surface area contributed by atoms with Crippen molar-refractivity contribution in [3.05, 3.63) is 52.1 Å². The van der Waals surface area contributed by atoms with Gasteiger partial charge in [0, 0.05) is 17.3 Å². The van der Waals surface area contributed by atoms with Gasteiger partial charge in [-0.15, -0.1) is 0 Å². The van der Waals surface area contributed by atoms with Crippen LogP contribution >= 0.6 is 23.2 Å². The van der Waals surface area contributed by atoms with Crippen LogP contribution in [0.3, 0.4) is 0 Å². The average molecular weight is 353 g/mol. The molecular formula is C16H14Cl2N2O3. The Balaban J connectivity index is 1.62. The first-order chi connectivity index (χ1) is 11.1. The number of pyridine rings is 1. The summed E-state index contributed by atoms with van der Waals surface area (Å²) in [6, 6.07) is 8.39. The van der Waals surface area contributed by atoms with Gasteiger partial charge in [-0.25, -0.2) is 4.98 Å². The Bertz CT molecular complexity index is 716. The Morgan fingerprint density at radius 1 is 1.22 bits per heavy atom. The zero-order valence-corrected chi connectivity index (χ0v) is 13.8. The number of ether oxygens (including phenoxy) is 2. The van der Waals surface area contributed by atoms with Crippen molar-refractivity contribution in [3.63, 3.8) is 0 Å². The van der Waals surface area contributed by atoms with E-state index in [4.69, 9.17) is 32.7 Å². The summed E-state index contributed by atoms with van der Waals surface area (Å²) in [6.07, 6.45) is 1.44. The van der Waals surface area contributed by atoms with E-state index in [-0.39, 0.29) is 12.0 Å². The van der Waals surface area contributed by atoms with E-state index in [0.717, 1.165) is 0 Å².